The van der Waals surface area contributed by atoms with Crippen LogP contribution >= 0.6 is 0 Å². The number of para-hydroxylation sites is 1. The fourth-order valence-electron chi connectivity index (χ4n) is 1.82. The molecule has 2 heterocycles. The third-order valence-electron chi connectivity index (χ3n) is 2.69. The van der Waals surface area contributed by atoms with Crippen molar-refractivity contribution >= 4 is 23.4 Å². The van der Waals surface area contributed by atoms with Gasteiger partial charge in [-0.15, -0.1) is 0 Å². The molecule has 0 unspecified atom stereocenters. The van der Waals surface area contributed by atoms with Crippen LogP contribution in [-0.4, -0.2) is 19.9 Å². The van der Waals surface area contributed by atoms with E-state index in [4.69, 9.17) is 0 Å². The maximum absolute atomic E-state index is 4.41. The van der Waals surface area contributed by atoms with Gasteiger partial charge in [0.2, 0.25) is 11.9 Å². The lowest BCUT2D eigenvalue weighted by molar-refractivity contribution is 1.07. The zero-order valence-electron chi connectivity index (χ0n) is 11.5. The summed E-state index contributed by atoms with van der Waals surface area (Å²) in [7, 11) is 0. The first-order chi connectivity index (χ1) is 10.3. The molecule has 0 amide bonds. The first kappa shape index (κ1) is 13.0. The van der Waals surface area contributed by atoms with Crippen molar-refractivity contribution in [3.05, 3.63) is 60.6 Å². The molecule has 0 spiro atoms. The van der Waals surface area contributed by atoms with E-state index >= 15 is 0 Å². The lowest BCUT2D eigenvalue weighted by atomic mass is 10.3. The van der Waals surface area contributed by atoms with Crippen LogP contribution in [-0.2, 0) is 0 Å². The number of anilines is 4. The van der Waals surface area contributed by atoms with Crippen molar-refractivity contribution in [3.8, 4) is 0 Å². The highest BCUT2D eigenvalue weighted by Crippen LogP contribution is 2.17. The molecule has 0 bridgehead atoms. The Labute approximate surface area is 122 Å². The molecule has 0 aliphatic carbocycles. The molecule has 3 aromatic rings. The summed E-state index contributed by atoms with van der Waals surface area (Å²) in [6.45, 7) is 1.91. The van der Waals surface area contributed by atoms with Gasteiger partial charge in [0.25, 0.3) is 0 Å². The summed E-state index contributed by atoms with van der Waals surface area (Å²) in [5, 5.41) is 6.23. The van der Waals surface area contributed by atoms with E-state index in [9.17, 15) is 0 Å². The predicted molar refractivity (Wildman–Crippen MR) is 81.8 cm³/mol. The molecule has 2 N–H and O–H groups in total. The van der Waals surface area contributed by atoms with Gasteiger partial charge < -0.3 is 5.32 Å². The number of nitrogens with zero attached hydrogens (tertiary/aromatic N) is 4. The van der Waals surface area contributed by atoms with E-state index < -0.39 is 0 Å². The summed E-state index contributed by atoms with van der Waals surface area (Å²) in [6.07, 6.45) is 3.32. The fourth-order valence-corrected chi connectivity index (χ4v) is 1.82. The summed E-state index contributed by atoms with van der Waals surface area (Å²) >= 11 is 0. The molecular formula is C15H14N6. The molecule has 0 saturated heterocycles. The Morgan fingerprint density at radius 1 is 0.810 bits per heavy atom. The fraction of sp³-hybridized carbons (Fsp3) is 0.0667. The smallest absolute Gasteiger partial charge is 0.231 e. The topological polar surface area (TPSA) is 75.6 Å². The van der Waals surface area contributed by atoms with Gasteiger partial charge in [-0.2, -0.15) is 4.98 Å². The molecule has 2 aromatic heterocycles. The van der Waals surface area contributed by atoms with Crippen LogP contribution in [0.15, 0.2) is 54.9 Å². The van der Waals surface area contributed by atoms with Gasteiger partial charge in [0.05, 0.1) is 0 Å². The molecule has 3 rings (SSSR count). The van der Waals surface area contributed by atoms with Crippen molar-refractivity contribution in [3.63, 3.8) is 0 Å². The summed E-state index contributed by atoms with van der Waals surface area (Å²) in [5.41, 5.74) is 1.82. The normalized spacial score (nSPS) is 10.1. The number of nitrogens with one attached hydrogen (secondary N) is 2. The summed E-state index contributed by atoms with van der Waals surface area (Å²) in [6, 6.07) is 13.5. The number of hydrogen-bond donors (Lipinski definition) is 2. The van der Waals surface area contributed by atoms with Crippen molar-refractivity contribution in [2.75, 3.05) is 10.6 Å². The first-order valence-corrected chi connectivity index (χ1v) is 6.51. The van der Waals surface area contributed by atoms with Crippen molar-refractivity contribution in [2.24, 2.45) is 0 Å². The van der Waals surface area contributed by atoms with Crippen LogP contribution in [0, 0.1) is 6.92 Å². The van der Waals surface area contributed by atoms with Crippen LogP contribution in [0.2, 0.25) is 0 Å². The molecule has 104 valence electrons. The quantitative estimate of drug-likeness (QED) is 0.764. The minimum Gasteiger partial charge on any atom is -0.340 e. The second kappa shape index (κ2) is 5.96. The molecule has 6 nitrogen and oxygen atoms in total. The Balaban J connectivity index is 1.83. The van der Waals surface area contributed by atoms with Crippen LogP contribution in [0.3, 0.4) is 0 Å². The zero-order chi connectivity index (χ0) is 14.5. The van der Waals surface area contributed by atoms with E-state index in [2.05, 4.69) is 30.6 Å². The van der Waals surface area contributed by atoms with E-state index in [-0.39, 0.29) is 0 Å². The summed E-state index contributed by atoms with van der Waals surface area (Å²) in [4.78, 5) is 16.9. The largest absolute Gasteiger partial charge is 0.340 e. The molecule has 0 fully saturated rings. The van der Waals surface area contributed by atoms with Crippen LogP contribution < -0.4 is 10.6 Å². The molecule has 0 atom stereocenters. The highest BCUT2D eigenvalue weighted by atomic mass is 15.2. The SMILES string of the molecule is Cc1cc(Nc2ccccc2)nc(Nc2ncccn2)n1. The standard InChI is InChI=1S/C15H14N6/c1-11-10-13(19-12-6-3-2-4-7-12)20-15(18-11)21-14-16-8-5-9-17-14/h2-10H,1H3,(H2,16,17,18,19,20,21). The maximum Gasteiger partial charge on any atom is 0.231 e. The van der Waals surface area contributed by atoms with Gasteiger partial charge in [-0.1, -0.05) is 18.2 Å². The number of aromatic nitrogens is 4. The molecule has 0 aliphatic heterocycles. The molecule has 6 heteroatoms. The van der Waals surface area contributed by atoms with Crippen molar-refractivity contribution in [2.45, 2.75) is 6.92 Å². The van der Waals surface area contributed by atoms with E-state index in [0.29, 0.717) is 17.7 Å². The van der Waals surface area contributed by atoms with Gasteiger partial charge in [0.1, 0.15) is 5.82 Å². The van der Waals surface area contributed by atoms with Crippen LogP contribution in [0.1, 0.15) is 5.69 Å². The Bertz CT molecular complexity index is 655. The summed E-state index contributed by atoms with van der Waals surface area (Å²) < 4.78 is 0. The van der Waals surface area contributed by atoms with Crippen LogP contribution in [0.5, 0.6) is 0 Å². The second-order valence-corrected chi connectivity index (χ2v) is 4.41. The highest BCUT2D eigenvalue weighted by Gasteiger charge is 2.04. The minimum atomic E-state index is 0.458. The average molecular weight is 278 g/mol. The third kappa shape index (κ3) is 3.50. The third-order valence-corrected chi connectivity index (χ3v) is 2.69. The van der Waals surface area contributed by atoms with E-state index in [1.54, 1.807) is 18.5 Å². The van der Waals surface area contributed by atoms with E-state index in [1.807, 2.05) is 43.3 Å². The Morgan fingerprint density at radius 2 is 1.57 bits per heavy atom. The second-order valence-electron chi connectivity index (χ2n) is 4.41. The Kier molecular flexibility index (Phi) is 3.68. The van der Waals surface area contributed by atoms with Gasteiger partial charge >= 0.3 is 0 Å². The van der Waals surface area contributed by atoms with Crippen LogP contribution in [0.4, 0.5) is 23.4 Å². The van der Waals surface area contributed by atoms with E-state index in [0.717, 1.165) is 11.4 Å². The molecule has 21 heavy (non-hydrogen) atoms. The van der Waals surface area contributed by atoms with Gasteiger partial charge in [-0.05, 0) is 25.1 Å². The molecule has 1 aromatic carbocycles. The minimum absolute atomic E-state index is 0.458. The van der Waals surface area contributed by atoms with Crippen molar-refractivity contribution in [1.29, 1.82) is 0 Å². The molecule has 0 radical (unpaired) electrons. The van der Waals surface area contributed by atoms with Gasteiger partial charge in [-0.25, -0.2) is 15.0 Å². The maximum atomic E-state index is 4.41. The average Bonchev–Trinajstić information content (AvgIpc) is 2.48. The monoisotopic (exact) mass is 278 g/mol. The van der Waals surface area contributed by atoms with Gasteiger partial charge in [0, 0.05) is 29.8 Å². The number of hydrogen-bond acceptors (Lipinski definition) is 6. The van der Waals surface area contributed by atoms with Gasteiger partial charge in [0.15, 0.2) is 0 Å². The van der Waals surface area contributed by atoms with Crippen molar-refractivity contribution < 1.29 is 0 Å². The lowest BCUT2D eigenvalue weighted by Crippen LogP contribution is -2.04. The number of benzene rings is 1. The van der Waals surface area contributed by atoms with Gasteiger partial charge in [-0.3, -0.25) is 5.32 Å². The lowest BCUT2D eigenvalue weighted by Gasteiger charge is -2.09. The number of rotatable bonds is 4. The molecular weight excluding hydrogens is 264 g/mol. The highest BCUT2D eigenvalue weighted by molar-refractivity contribution is 5.58. The molecule has 0 saturated carbocycles. The molecule has 0 aliphatic rings. The first-order valence-electron chi connectivity index (χ1n) is 6.51. The zero-order valence-corrected chi connectivity index (χ0v) is 11.5. The van der Waals surface area contributed by atoms with Crippen molar-refractivity contribution in [1.82, 2.24) is 19.9 Å². The number of aryl methyl sites for hydroxylation is 1. The van der Waals surface area contributed by atoms with Crippen LogP contribution in [0.25, 0.3) is 0 Å². The Hall–Kier alpha value is -3.02. The summed E-state index contributed by atoms with van der Waals surface area (Å²) in [5.74, 6) is 1.64. The Morgan fingerprint density at radius 3 is 2.33 bits per heavy atom. The predicted octanol–water partition coefficient (Wildman–Crippen LogP) is 3.06. The van der Waals surface area contributed by atoms with E-state index in [1.165, 1.54) is 0 Å².